The lowest BCUT2D eigenvalue weighted by Gasteiger charge is -2.22. The summed E-state index contributed by atoms with van der Waals surface area (Å²) in [5, 5.41) is 4.22. The number of carbonyl (C=O) groups excluding carboxylic acids is 2. The molecule has 1 aliphatic heterocycles. The predicted octanol–water partition coefficient (Wildman–Crippen LogP) is 1.93. The van der Waals surface area contributed by atoms with Crippen molar-refractivity contribution in [3.05, 3.63) is 22.8 Å². The number of hydrogen-bond acceptors (Lipinski definition) is 7. The largest absolute Gasteiger partial charge is 0.461 e. The second kappa shape index (κ2) is 7.77. The number of halogens is 4. The van der Waals surface area contributed by atoms with Gasteiger partial charge in [0.05, 0.1) is 17.2 Å². The molecule has 0 saturated heterocycles. The van der Waals surface area contributed by atoms with Crippen molar-refractivity contribution in [3.63, 3.8) is 0 Å². The normalized spacial score (nSPS) is 16.5. The summed E-state index contributed by atoms with van der Waals surface area (Å²) in [6.07, 6.45) is -5.19. The van der Waals surface area contributed by atoms with Crippen molar-refractivity contribution in [1.82, 2.24) is 10.4 Å². The van der Waals surface area contributed by atoms with Gasteiger partial charge < -0.3 is 9.57 Å². The number of oxime groups is 1. The molecule has 26 heavy (non-hydrogen) atoms. The van der Waals surface area contributed by atoms with E-state index in [1.807, 2.05) is 0 Å². The van der Waals surface area contributed by atoms with E-state index in [1.54, 1.807) is 6.92 Å². The molecule has 0 saturated carbocycles. The highest BCUT2D eigenvalue weighted by Gasteiger charge is 2.34. The van der Waals surface area contributed by atoms with Gasteiger partial charge in [-0.3, -0.25) is 15.2 Å². The smallest absolute Gasteiger partial charge is 0.417 e. The van der Waals surface area contributed by atoms with Gasteiger partial charge in [-0.2, -0.15) is 13.2 Å². The Hall–Kier alpha value is -2.56. The fraction of sp³-hybridized carbons (Fsp3) is 0.429. The van der Waals surface area contributed by atoms with E-state index in [2.05, 4.69) is 15.6 Å². The molecule has 142 valence electrons. The number of amides is 1. The van der Waals surface area contributed by atoms with Gasteiger partial charge in [-0.25, -0.2) is 9.78 Å². The van der Waals surface area contributed by atoms with Crippen molar-refractivity contribution < 1.29 is 32.3 Å². The highest BCUT2D eigenvalue weighted by molar-refractivity contribution is 6.37. The van der Waals surface area contributed by atoms with Crippen molar-refractivity contribution in [2.45, 2.75) is 25.6 Å². The van der Waals surface area contributed by atoms with Crippen LogP contribution in [0.5, 0.6) is 0 Å². The third-order valence-electron chi connectivity index (χ3n) is 3.22. The Morgan fingerprint density at radius 1 is 1.50 bits per heavy atom. The number of hydrazine groups is 1. The Kier molecular flexibility index (Phi) is 5.90. The molecule has 2 rings (SSSR count). The molecule has 0 bridgehead atoms. The maximum absolute atomic E-state index is 12.6. The Labute approximate surface area is 150 Å². The highest BCUT2D eigenvalue weighted by Crippen LogP contribution is 2.32. The van der Waals surface area contributed by atoms with Gasteiger partial charge in [-0.05, 0) is 13.0 Å². The maximum Gasteiger partial charge on any atom is 0.417 e. The number of alkyl halides is 3. The zero-order valence-electron chi connectivity index (χ0n) is 13.6. The fourth-order valence-electron chi connectivity index (χ4n) is 1.98. The van der Waals surface area contributed by atoms with Crippen molar-refractivity contribution in [3.8, 4) is 0 Å². The molecule has 8 nitrogen and oxygen atoms in total. The molecule has 1 amide bonds. The highest BCUT2D eigenvalue weighted by atomic mass is 35.5. The molecule has 0 unspecified atom stereocenters. The van der Waals surface area contributed by atoms with E-state index in [-0.39, 0.29) is 29.6 Å². The second-order valence-corrected chi connectivity index (χ2v) is 5.53. The summed E-state index contributed by atoms with van der Waals surface area (Å²) in [5.74, 6) is -1.48. The van der Waals surface area contributed by atoms with Gasteiger partial charge in [-0.15, -0.1) is 0 Å². The van der Waals surface area contributed by atoms with E-state index < -0.39 is 29.7 Å². The van der Waals surface area contributed by atoms with Crippen LogP contribution in [0.3, 0.4) is 0 Å². The van der Waals surface area contributed by atoms with E-state index in [9.17, 15) is 22.8 Å². The fourth-order valence-corrected chi connectivity index (χ4v) is 2.27. The second-order valence-electron chi connectivity index (χ2n) is 5.12. The number of anilines is 1. The molecule has 1 atom stereocenters. The van der Waals surface area contributed by atoms with Crippen molar-refractivity contribution in [2.24, 2.45) is 5.16 Å². The summed E-state index contributed by atoms with van der Waals surface area (Å²) in [6.45, 7) is 1.77. The average molecular weight is 395 g/mol. The average Bonchev–Trinajstić information content (AvgIpc) is 3.04. The van der Waals surface area contributed by atoms with Crippen LogP contribution in [0, 0.1) is 0 Å². The van der Waals surface area contributed by atoms with Crippen molar-refractivity contribution in [2.75, 3.05) is 18.7 Å². The van der Waals surface area contributed by atoms with Crippen LogP contribution < -0.4 is 10.4 Å². The first-order valence-corrected chi connectivity index (χ1v) is 7.68. The van der Waals surface area contributed by atoms with Crippen LogP contribution in [0.1, 0.15) is 18.9 Å². The maximum atomic E-state index is 12.6. The quantitative estimate of drug-likeness (QED) is 0.606. The number of ether oxygens (including phenoxy) is 1. The third kappa shape index (κ3) is 4.54. The Morgan fingerprint density at radius 3 is 2.77 bits per heavy atom. The van der Waals surface area contributed by atoms with Gasteiger partial charge in [0.15, 0.2) is 11.5 Å². The lowest BCUT2D eigenvalue weighted by atomic mass is 10.2. The Morgan fingerprint density at radius 2 is 2.19 bits per heavy atom. The third-order valence-corrected chi connectivity index (χ3v) is 3.50. The van der Waals surface area contributed by atoms with E-state index >= 15 is 0 Å². The van der Waals surface area contributed by atoms with E-state index in [1.165, 1.54) is 7.05 Å². The number of pyridine rings is 1. The molecule has 0 aliphatic carbocycles. The molecule has 0 radical (unpaired) electrons. The van der Waals surface area contributed by atoms with Gasteiger partial charge in [0.1, 0.15) is 0 Å². The van der Waals surface area contributed by atoms with Crippen LogP contribution in [0.2, 0.25) is 5.02 Å². The number of carbonyl (C=O) groups is 2. The minimum Gasteiger partial charge on any atom is -0.461 e. The first-order chi connectivity index (χ1) is 12.1. The lowest BCUT2D eigenvalue weighted by Crippen LogP contribution is -2.45. The number of aromatic nitrogens is 1. The lowest BCUT2D eigenvalue weighted by molar-refractivity contribution is -0.138. The van der Waals surface area contributed by atoms with Crippen LogP contribution in [-0.2, 0) is 25.3 Å². The summed E-state index contributed by atoms with van der Waals surface area (Å²) < 4.78 is 42.6. The van der Waals surface area contributed by atoms with E-state index in [0.717, 1.165) is 5.01 Å². The number of nitrogens with zero attached hydrogens (tertiary/aromatic N) is 3. The van der Waals surface area contributed by atoms with E-state index in [0.29, 0.717) is 12.3 Å². The van der Waals surface area contributed by atoms with Gasteiger partial charge in [0.2, 0.25) is 6.10 Å². The summed E-state index contributed by atoms with van der Waals surface area (Å²) >= 11 is 5.80. The van der Waals surface area contributed by atoms with Gasteiger partial charge in [-0.1, -0.05) is 16.8 Å². The molecule has 1 aromatic heterocycles. The number of rotatable bonds is 5. The molecule has 2 heterocycles. The summed E-state index contributed by atoms with van der Waals surface area (Å²) in [7, 11) is 1.33. The minimum atomic E-state index is -4.59. The molecular formula is C14H14ClF3N4O4. The molecule has 12 heteroatoms. The molecule has 1 N–H and O–H groups in total. The minimum absolute atomic E-state index is 0.0414. The monoisotopic (exact) mass is 394 g/mol. The standard InChI is InChI=1S/C14H14ClF3N4O4/c1-3-25-13(24)9-5-10(26-21-9)12(23)20-22(2)11-8(15)4-7(6-19-11)14(16,17)18/h4,6,10H,3,5H2,1-2H3,(H,20,23)/t10-/m1/s1. The summed E-state index contributed by atoms with van der Waals surface area (Å²) in [4.78, 5) is 32.1. The number of esters is 1. The van der Waals surface area contributed by atoms with Crippen LogP contribution >= 0.6 is 11.6 Å². The van der Waals surface area contributed by atoms with Gasteiger partial charge in [0.25, 0.3) is 5.91 Å². The molecule has 0 aromatic carbocycles. The van der Waals surface area contributed by atoms with Crippen LogP contribution in [0.25, 0.3) is 0 Å². The zero-order chi connectivity index (χ0) is 19.5. The first kappa shape index (κ1) is 19.8. The molecule has 1 aliphatic rings. The molecular weight excluding hydrogens is 381 g/mol. The van der Waals surface area contributed by atoms with Crippen LogP contribution in [0.4, 0.5) is 19.0 Å². The Balaban J connectivity index is 1.99. The SMILES string of the molecule is CCOC(=O)C1=NO[C@@H](C(=O)NN(C)c2ncc(C(F)(F)F)cc2Cl)C1. The van der Waals surface area contributed by atoms with Gasteiger partial charge >= 0.3 is 12.1 Å². The summed E-state index contributed by atoms with van der Waals surface area (Å²) in [5.41, 5.74) is 1.29. The van der Waals surface area contributed by atoms with Crippen LogP contribution in [-0.4, -0.2) is 42.3 Å². The van der Waals surface area contributed by atoms with Gasteiger partial charge in [0, 0.05) is 19.7 Å². The van der Waals surface area contributed by atoms with Crippen molar-refractivity contribution in [1.29, 1.82) is 0 Å². The van der Waals surface area contributed by atoms with E-state index in [4.69, 9.17) is 21.2 Å². The predicted molar refractivity (Wildman–Crippen MR) is 84.4 cm³/mol. The number of nitrogens with one attached hydrogen (secondary N) is 1. The first-order valence-electron chi connectivity index (χ1n) is 7.30. The zero-order valence-corrected chi connectivity index (χ0v) is 14.4. The Bertz CT molecular complexity index is 741. The van der Waals surface area contributed by atoms with Crippen LogP contribution in [0.15, 0.2) is 17.4 Å². The molecule has 0 spiro atoms. The summed E-state index contributed by atoms with van der Waals surface area (Å²) in [6, 6.07) is 0.695. The number of hydrogen-bond donors (Lipinski definition) is 1. The molecule has 1 aromatic rings. The van der Waals surface area contributed by atoms with Crippen molar-refractivity contribution >= 4 is 35.0 Å². The topological polar surface area (TPSA) is 93.1 Å². The molecule has 0 fully saturated rings.